The molecule has 9 heavy (non-hydrogen) atoms. The number of allylic oxidation sites excluding steroid dienone is 2. The first-order valence-corrected chi connectivity index (χ1v) is 2.96. The number of rotatable bonds is 1. The van der Waals surface area contributed by atoms with Gasteiger partial charge in [-0.15, -0.1) is 6.58 Å². The van der Waals surface area contributed by atoms with Gasteiger partial charge in [0.25, 0.3) is 0 Å². The van der Waals surface area contributed by atoms with E-state index in [-0.39, 0.29) is 5.83 Å². The van der Waals surface area contributed by atoms with Crippen LogP contribution in [0.2, 0.25) is 0 Å². The third kappa shape index (κ3) is 109. The van der Waals surface area contributed by atoms with E-state index in [0.717, 1.165) is 0 Å². The minimum atomic E-state index is -0.245. The second kappa shape index (κ2) is 7.41. The summed E-state index contributed by atoms with van der Waals surface area (Å²) < 4.78 is 11.2. The summed E-state index contributed by atoms with van der Waals surface area (Å²) in [4.78, 5) is 0. The second-order valence-corrected chi connectivity index (χ2v) is 2.08. The molecule has 0 aliphatic carbocycles. The lowest BCUT2D eigenvalue weighted by Crippen LogP contribution is -1.55. The number of halogens is 1. The largest absolute Gasteiger partial charge is 0.212 e. The maximum atomic E-state index is 11.2. The molecule has 0 rings (SSSR count). The Morgan fingerprint density at radius 1 is 1.33 bits per heavy atom. The Morgan fingerprint density at radius 2 is 1.44 bits per heavy atom. The van der Waals surface area contributed by atoms with Crippen LogP contribution in [0.5, 0.6) is 0 Å². The summed E-state index contributed by atoms with van der Waals surface area (Å²) in [5.41, 5.74) is 1.17. The molecule has 1 heteroatoms. The first-order chi connectivity index (χ1) is 4.00. The molecular weight excluding hydrogens is 115 g/mol. The summed E-state index contributed by atoms with van der Waals surface area (Å²) in [6, 6.07) is 0. The van der Waals surface area contributed by atoms with Gasteiger partial charge in [0.1, 0.15) is 0 Å². The van der Waals surface area contributed by atoms with Crippen molar-refractivity contribution in [3.05, 3.63) is 24.6 Å². The molecule has 54 valence electrons. The molecule has 0 aromatic heterocycles. The minimum absolute atomic E-state index is 0.245. The monoisotopic (exact) mass is 130 g/mol. The Kier molecular flexibility index (Phi) is 9.25. The van der Waals surface area contributed by atoms with Crippen molar-refractivity contribution in [2.45, 2.75) is 27.2 Å². The molecule has 0 aliphatic heterocycles. The van der Waals surface area contributed by atoms with Crippen LogP contribution in [0.1, 0.15) is 27.2 Å². The van der Waals surface area contributed by atoms with Gasteiger partial charge in [-0.2, -0.15) is 0 Å². The molecule has 0 aliphatic rings. The lowest BCUT2D eigenvalue weighted by atomic mass is 10.4. The predicted molar refractivity (Wildman–Crippen MR) is 41.0 cm³/mol. The van der Waals surface area contributed by atoms with Gasteiger partial charge in [0.15, 0.2) is 0 Å². The van der Waals surface area contributed by atoms with Crippen molar-refractivity contribution in [2.24, 2.45) is 0 Å². The topological polar surface area (TPSA) is 0 Å². The van der Waals surface area contributed by atoms with Gasteiger partial charge in [-0.05, 0) is 20.3 Å². The Labute approximate surface area is 57.1 Å². The van der Waals surface area contributed by atoms with Gasteiger partial charge in [0, 0.05) is 0 Å². The first-order valence-electron chi connectivity index (χ1n) is 2.96. The van der Waals surface area contributed by atoms with E-state index in [4.69, 9.17) is 0 Å². The van der Waals surface area contributed by atoms with E-state index in [1.165, 1.54) is 5.57 Å². The van der Waals surface area contributed by atoms with Crippen LogP contribution in [0.3, 0.4) is 0 Å². The zero-order chi connectivity index (χ0) is 7.86. The number of hydrogen-bond acceptors (Lipinski definition) is 0. The van der Waals surface area contributed by atoms with Crippen LogP contribution in [-0.4, -0.2) is 0 Å². The summed E-state index contributed by atoms with van der Waals surface area (Å²) in [6.45, 7) is 12.2. The third-order valence-electron chi connectivity index (χ3n) is 0.384. The zero-order valence-corrected chi connectivity index (χ0v) is 6.50. The average Bonchev–Trinajstić information content (AvgIpc) is 1.65. The van der Waals surface area contributed by atoms with E-state index >= 15 is 0 Å². The van der Waals surface area contributed by atoms with E-state index in [9.17, 15) is 4.39 Å². The highest BCUT2D eigenvalue weighted by atomic mass is 19.1. The molecular formula is C8H15F. The maximum absolute atomic E-state index is 11.2. The Morgan fingerprint density at radius 3 is 1.44 bits per heavy atom. The Bertz CT molecular complexity index is 88.7. The fraction of sp³-hybridized carbons (Fsp3) is 0.500. The van der Waals surface area contributed by atoms with Gasteiger partial charge in [-0.25, -0.2) is 4.39 Å². The molecule has 0 bridgehead atoms. The highest BCUT2D eigenvalue weighted by Gasteiger charge is 1.73. The first kappa shape index (κ1) is 11.2. The van der Waals surface area contributed by atoms with Crippen molar-refractivity contribution in [3.8, 4) is 0 Å². The molecule has 0 spiro atoms. The lowest BCUT2D eigenvalue weighted by Gasteiger charge is -1.74. The van der Waals surface area contributed by atoms with E-state index in [1.807, 2.05) is 13.8 Å². The molecule has 0 atom stereocenters. The van der Waals surface area contributed by atoms with E-state index < -0.39 is 0 Å². The molecule has 0 N–H and O–H groups in total. The van der Waals surface area contributed by atoms with Gasteiger partial charge in [0.2, 0.25) is 0 Å². The number of hydrogen-bond donors (Lipinski definition) is 0. The van der Waals surface area contributed by atoms with Crippen LogP contribution in [0.15, 0.2) is 24.6 Å². The SMILES string of the molecule is C=C(C)C.C=C(F)CC. The van der Waals surface area contributed by atoms with Crippen LogP contribution >= 0.6 is 0 Å². The average molecular weight is 130 g/mol. The van der Waals surface area contributed by atoms with Gasteiger partial charge >= 0.3 is 0 Å². The molecule has 0 saturated carbocycles. The third-order valence-corrected chi connectivity index (χ3v) is 0.384. The van der Waals surface area contributed by atoms with Crippen LogP contribution in [0.4, 0.5) is 4.39 Å². The van der Waals surface area contributed by atoms with Gasteiger partial charge in [-0.3, -0.25) is 0 Å². The molecule has 0 aromatic carbocycles. The fourth-order valence-corrected chi connectivity index (χ4v) is 0. The van der Waals surface area contributed by atoms with E-state index in [1.54, 1.807) is 6.92 Å². The van der Waals surface area contributed by atoms with Gasteiger partial charge in [0.05, 0.1) is 5.83 Å². The van der Waals surface area contributed by atoms with Crippen molar-refractivity contribution in [1.82, 2.24) is 0 Å². The van der Waals surface area contributed by atoms with Gasteiger partial charge < -0.3 is 0 Å². The quantitative estimate of drug-likeness (QED) is 0.477. The van der Waals surface area contributed by atoms with Crippen LogP contribution in [0.25, 0.3) is 0 Å². The van der Waals surface area contributed by atoms with Crippen molar-refractivity contribution in [3.63, 3.8) is 0 Å². The highest BCUT2D eigenvalue weighted by molar-refractivity contribution is 4.78. The lowest BCUT2D eigenvalue weighted by molar-refractivity contribution is 0.609. The zero-order valence-electron chi connectivity index (χ0n) is 6.50. The van der Waals surface area contributed by atoms with Crippen molar-refractivity contribution < 1.29 is 4.39 Å². The Hall–Kier alpha value is -0.590. The predicted octanol–water partition coefficient (Wildman–Crippen LogP) is 3.46. The molecule has 0 heterocycles. The molecule has 0 aromatic rings. The summed E-state index contributed by atoms with van der Waals surface area (Å²) in [6.07, 6.45) is 0.444. The molecule has 0 saturated heterocycles. The van der Waals surface area contributed by atoms with Crippen LogP contribution in [-0.2, 0) is 0 Å². The normalized spacial score (nSPS) is 7.11. The van der Waals surface area contributed by atoms with Crippen molar-refractivity contribution in [2.75, 3.05) is 0 Å². The maximum Gasteiger partial charge on any atom is 0.0925 e. The molecule has 0 radical (unpaired) electrons. The van der Waals surface area contributed by atoms with Crippen LogP contribution < -0.4 is 0 Å². The Balaban J connectivity index is 0. The minimum Gasteiger partial charge on any atom is -0.212 e. The molecule has 0 nitrogen and oxygen atoms in total. The standard InChI is InChI=1S/C4H7F.C4H8/c1-3-4(2)5;1-4(2)3/h2-3H2,1H3;1H2,2-3H3. The highest BCUT2D eigenvalue weighted by Crippen LogP contribution is 1.93. The smallest absolute Gasteiger partial charge is 0.0925 e. The molecule has 0 unspecified atom stereocenters. The van der Waals surface area contributed by atoms with E-state index in [2.05, 4.69) is 13.2 Å². The van der Waals surface area contributed by atoms with Crippen molar-refractivity contribution in [1.29, 1.82) is 0 Å². The second-order valence-electron chi connectivity index (χ2n) is 2.08. The van der Waals surface area contributed by atoms with Gasteiger partial charge in [-0.1, -0.05) is 19.1 Å². The molecule has 0 fully saturated rings. The molecule has 0 amide bonds. The van der Waals surface area contributed by atoms with E-state index in [0.29, 0.717) is 6.42 Å². The van der Waals surface area contributed by atoms with Crippen LogP contribution in [0, 0.1) is 0 Å². The summed E-state index contributed by atoms with van der Waals surface area (Å²) >= 11 is 0. The summed E-state index contributed by atoms with van der Waals surface area (Å²) in [5, 5.41) is 0. The van der Waals surface area contributed by atoms with Crippen molar-refractivity contribution >= 4 is 0 Å². The fourth-order valence-electron chi connectivity index (χ4n) is 0. The summed E-state index contributed by atoms with van der Waals surface area (Å²) in [7, 11) is 0. The summed E-state index contributed by atoms with van der Waals surface area (Å²) in [5.74, 6) is -0.245.